The van der Waals surface area contributed by atoms with Crippen LogP contribution in [-0.2, 0) is 0 Å². The standard InChI is InChI=1S/C14H21NO2/c1-4-15-9-5-6-13(15)12-8-7-11(16-2)10-14(12)17-3/h7-8,10,13H,4-6,9H2,1-3H3/t13-/m1/s1. The van der Waals surface area contributed by atoms with Crippen LogP contribution in [-0.4, -0.2) is 32.2 Å². The average Bonchev–Trinajstić information content (AvgIpc) is 2.85. The second kappa shape index (κ2) is 5.41. The monoisotopic (exact) mass is 235 g/mol. The first-order valence-electron chi connectivity index (χ1n) is 6.26. The normalized spacial score (nSPS) is 20.5. The Morgan fingerprint density at radius 1 is 1.29 bits per heavy atom. The highest BCUT2D eigenvalue weighted by atomic mass is 16.5. The first-order chi connectivity index (χ1) is 8.30. The maximum absolute atomic E-state index is 5.49. The molecule has 1 saturated heterocycles. The van der Waals surface area contributed by atoms with Crippen LogP contribution in [0.1, 0.15) is 31.4 Å². The fourth-order valence-electron chi connectivity index (χ4n) is 2.65. The third-order valence-corrected chi connectivity index (χ3v) is 3.57. The van der Waals surface area contributed by atoms with Crippen molar-refractivity contribution in [3.63, 3.8) is 0 Å². The Balaban J connectivity index is 2.30. The fraction of sp³-hybridized carbons (Fsp3) is 0.571. The molecule has 1 aromatic carbocycles. The Bertz CT molecular complexity index is 378. The summed E-state index contributed by atoms with van der Waals surface area (Å²) >= 11 is 0. The van der Waals surface area contributed by atoms with Crippen molar-refractivity contribution in [1.29, 1.82) is 0 Å². The third-order valence-electron chi connectivity index (χ3n) is 3.57. The fourth-order valence-corrected chi connectivity index (χ4v) is 2.65. The van der Waals surface area contributed by atoms with Gasteiger partial charge in [-0.2, -0.15) is 0 Å². The van der Waals surface area contributed by atoms with Gasteiger partial charge in [0.25, 0.3) is 0 Å². The lowest BCUT2D eigenvalue weighted by Crippen LogP contribution is -2.23. The number of nitrogens with zero attached hydrogens (tertiary/aromatic N) is 1. The van der Waals surface area contributed by atoms with Gasteiger partial charge in [0.05, 0.1) is 14.2 Å². The van der Waals surface area contributed by atoms with Crippen LogP contribution in [0.4, 0.5) is 0 Å². The molecular weight excluding hydrogens is 214 g/mol. The van der Waals surface area contributed by atoms with Crippen LogP contribution in [0.5, 0.6) is 11.5 Å². The molecule has 0 saturated carbocycles. The van der Waals surface area contributed by atoms with Crippen LogP contribution in [0, 0.1) is 0 Å². The highest BCUT2D eigenvalue weighted by molar-refractivity contribution is 5.42. The van der Waals surface area contributed by atoms with Gasteiger partial charge in [-0.25, -0.2) is 0 Å². The highest BCUT2D eigenvalue weighted by Crippen LogP contribution is 2.38. The average molecular weight is 235 g/mol. The predicted octanol–water partition coefficient (Wildman–Crippen LogP) is 2.86. The largest absolute Gasteiger partial charge is 0.497 e. The molecule has 3 nitrogen and oxygen atoms in total. The van der Waals surface area contributed by atoms with Crippen molar-refractivity contribution in [3.05, 3.63) is 23.8 Å². The zero-order valence-electron chi connectivity index (χ0n) is 10.9. The summed E-state index contributed by atoms with van der Waals surface area (Å²) in [6.07, 6.45) is 2.49. The second-order valence-corrected chi connectivity index (χ2v) is 4.39. The van der Waals surface area contributed by atoms with Crippen LogP contribution in [0.3, 0.4) is 0 Å². The summed E-state index contributed by atoms with van der Waals surface area (Å²) in [6, 6.07) is 6.63. The summed E-state index contributed by atoms with van der Waals surface area (Å²) in [4.78, 5) is 2.50. The molecular formula is C14H21NO2. The van der Waals surface area contributed by atoms with E-state index in [0.29, 0.717) is 6.04 Å². The Labute approximate surface area is 103 Å². The molecule has 1 fully saturated rings. The molecule has 94 valence electrons. The van der Waals surface area contributed by atoms with Crippen LogP contribution in [0.15, 0.2) is 18.2 Å². The van der Waals surface area contributed by atoms with Crippen LogP contribution in [0.25, 0.3) is 0 Å². The smallest absolute Gasteiger partial charge is 0.127 e. The van der Waals surface area contributed by atoms with Gasteiger partial charge in [0.15, 0.2) is 0 Å². The molecule has 1 atom stereocenters. The number of likely N-dealkylation sites (tertiary alicyclic amines) is 1. The molecule has 0 aliphatic carbocycles. The lowest BCUT2D eigenvalue weighted by molar-refractivity contribution is 0.264. The molecule has 1 heterocycles. The first-order valence-corrected chi connectivity index (χ1v) is 6.26. The summed E-state index contributed by atoms with van der Waals surface area (Å²) in [5, 5.41) is 0. The molecule has 0 spiro atoms. The van der Waals surface area contributed by atoms with Crippen LogP contribution >= 0.6 is 0 Å². The van der Waals surface area contributed by atoms with Crippen LogP contribution < -0.4 is 9.47 Å². The first kappa shape index (κ1) is 12.2. The van der Waals surface area contributed by atoms with Crippen molar-refractivity contribution in [2.24, 2.45) is 0 Å². The van der Waals surface area contributed by atoms with Crippen molar-refractivity contribution < 1.29 is 9.47 Å². The van der Waals surface area contributed by atoms with E-state index in [1.54, 1.807) is 14.2 Å². The predicted molar refractivity (Wildman–Crippen MR) is 68.8 cm³/mol. The topological polar surface area (TPSA) is 21.7 Å². The Morgan fingerprint density at radius 3 is 2.76 bits per heavy atom. The molecule has 17 heavy (non-hydrogen) atoms. The van der Waals surface area contributed by atoms with E-state index in [-0.39, 0.29) is 0 Å². The van der Waals surface area contributed by atoms with E-state index in [1.165, 1.54) is 24.9 Å². The van der Waals surface area contributed by atoms with Gasteiger partial charge in [-0.15, -0.1) is 0 Å². The molecule has 1 aromatic rings. The number of hydrogen-bond donors (Lipinski definition) is 0. The lowest BCUT2D eigenvalue weighted by atomic mass is 10.0. The van der Waals surface area contributed by atoms with E-state index in [1.807, 2.05) is 12.1 Å². The van der Waals surface area contributed by atoms with Gasteiger partial charge in [-0.1, -0.05) is 13.0 Å². The molecule has 0 aromatic heterocycles. The van der Waals surface area contributed by atoms with E-state index in [0.717, 1.165) is 18.0 Å². The van der Waals surface area contributed by atoms with E-state index in [4.69, 9.17) is 9.47 Å². The van der Waals surface area contributed by atoms with Crippen molar-refractivity contribution >= 4 is 0 Å². The lowest BCUT2D eigenvalue weighted by Gasteiger charge is -2.24. The van der Waals surface area contributed by atoms with Gasteiger partial charge in [0.2, 0.25) is 0 Å². The van der Waals surface area contributed by atoms with Gasteiger partial charge in [-0.3, -0.25) is 4.90 Å². The number of benzene rings is 1. The second-order valence-electron chi connectivity index (χ2n) is 4.39. The molecule has 2 rings (SSSR count). The van der Waals surface area contributed by atoms with Gasteiger partial charge < -0.3 is 9.47 Å². The number of ether oxygens (including phenoxy) is 2. The molecule has 3 heteroatoms. The molecule has 0 amide bonds. The van der Waals surface area contributed by atoms with Gasteiger partial charge >= 0.3 is 0 Å². The van der Waals surface area contributed by atoms with E-state index < -0.39 is 0 Å². The Kier molecular flexibility index (Phi) is 3.89. The maximum Gasteiger partial charge on any atom is 0.127 e. The molecule has 0 bridgehead atoms. The SMILES string of the molecule is CCN1CCC[C@@H]1c1ccc(OC)cc1OC. The number of hydrogen-bond acceptors (Lipinski definition) is 3. The molecule has 0 unspecified atom stereocenters. The van der Waals surface area contributed by atoms with Gasteiger partial charge in [0.1, 0.15) is 11.5 Å². The quantitative estimate of drug-likeness (QED) is 0.801. The summed E-state index contributed by atoms with van der Waals surface area (Å²) in [5.41, 5.74) is 1.28. The number of rotatable bonds is 4. The zero-order valence-corrected chi connectivity index (χ0v) is 10.9. The molecule has 1 aliphatic heterocycles. The number of methoxy groups -OCH3 is 2. The van der Waals surface area contributed by atoms with Crippen LogP contribution in [0.2, 0.25) is 0 Å². The van der Waals surface area contributed by atoms with Crippen molar-refractivity contribution in [1.82, 2.24) is 4.90 Å². The minimum absolute atomic E-state index is 0.501. The zero-order chi connectivity index (χ0) is 12.3. The Morgan fingerprint density at radius 2 is 2.12 bits per heavy atom. The molecule has 0 radical (unpaired) electrons. The van der Waals surface area contributed by atoms with E-state index in [2.05, 4.69) is 17.9 Å². The maximum atomic E-state index is 5.49. The molecule has 1 aliphatic rings. The Hall–Kier alpha value is -1.22. The van der Waals surface area contributed by atoms with E-state index in [9.17, 15) is 0 Å². The van der Waals surface area contributed by atoms with Gasteiger partial charge in [0, 0.05) is 17.7 Å². The molecule has 0 N–H and O–H groups in total. The van der Waals surface area contributed by atoms with E-state index >= 15 is 0 Å². The van der Waals surface area contributed by atoms with Gasteiger partial charge in [-0.05, 0) is 32.0 Å². The summed E-state index contributed by atoms with van der Waals surface area (Å²) in [5.74, 6) is 1.79. The van der Waals surface area contributed by atoms with Crippen molar-refractivity contribution in [2.75, 3.05) is 27.3 Å². The van der Waals surface area contributed by atoms with Crippen molar-refractivity contribution in [3.8, 4) is 11.5 Å². The summed E-state index contributed by atoms with van der Waals surface area (Å²) < 4.78 is 10.7. The third kappa shape index (κ3) is 2.39. The summed E-state index contributed by atoms with van der Waals surface area (Å²) in [7, 11) is 3.41. The summed E-state index contributed by atoms with van der Waals surface area (Å²) in [6.45, 7) is 4.50. The minimum Gasteiger partial charge on any atom is -0.497 e. The highest BCUT2D eigenvalue weighted by Gasteiger charge is 2.27. The van der Waals surface area contributed by atoms with Crippen molar-refractivity contribution in [2.45, 2.75) is 25.8 Å². The minimum atomic E-state index is 0.501.